The van der Waals surface area contributed by atoms with Crippen molar-refractivity contribution in [3.05, 3.63) is 64.7 Å². The van der Waals surface area contributed by atoms with Crippen LogP contribution in [-0.4, -0.2) is 11.8 Å². The summed E-state index contributed by atoms with van der Waals surface area (Å²) in [6.07, 6.45) is 1.97. The molecule has 2 amide bonds. The van der Waals surface area contributed by atoms with E-state index in [1.54, 1.807) is 24.3 Å². The van der Waals surface area contributed by atoms with Crippen LogP contribution in [0.2, 0.25) is 5.02 Å². The molecular weight excluding hydrogens is 312 g/mol. The van der Waals surface area contributed by atoms with Crippen molar-refractivity contribution in [1.29, 1.82) is 0 Å². The van der Waals surface area contributed by atoms with Gasteiger partial charge in [-0.3, -0.25) is 9.59 Å². The first-order valence-electron chi connectivity index (χ1n) is 7.55. The lowest BCUT2D eigenvalue weighted by molar-refractivity contribution is -0.117. The molecule has 23 heavy (non-hydrogen) atoms. The van der Waals surface area contributed by atoms with Crippen molar-refractivity contribution in [3.63, 3.8) is 0 Å². The van der Waals surface area contributed by atoms with E-state index < -0.39 is 0 Å². The maximum atomic E-state index is 12.0. The first-order valence-corrected chi connectivity index (χ1v) is 7.93. The van der Waals surface area contributed by atoms with Gasteiger partial charge in [0.1, 0.15) is 0 Å². The van der Waals surface area contributed by atoms with Crippen molar-refractivity contribution >= 4 is 29.1 Å². The number of carbonyl (C=O) groups is 2. The fraction of sp³-hybridized carbons (Fsp3) is 0.222. The SMILES string of the molecule is O=C(NCc1ccc(NC(=O)C2CC2)cc1)c1ccc(Cl)cc1. The Morgan fingerprint density at radius 3 is 2.26 bits per heavy atom. The summed E-state index contributed by atoms with van der Waals surface area (Å²) in [6.45, 7) is 0.429. The van der Waals surface area contributed by atoms with Crippen LogP contribution in [0.15, 0.2) is 48.5 Å². The van der Waals surface area contributed by atoms with E-state index in [9.17, 15) is 9.59 Å². The molecule has 0 aromatic heterocycles. The van der Waals surface area contributed by atoms with Crippen LogP contribution in [0.5, 0.6) is 0 Å². The van der Waals surface area contributed by atoms with Crippen molar-refractivity contribution < 1.29 is 9.59 Å². The van der Waals surface area contributed by atoms with Gasteiger partial charge in [0.05, 0.1) is 0 Å². The number of halogens is 1. The van der Waals surface area contributed by atoms with Gasteiger partial charge in [0.25, 0.3) is 5.91 Å². The van der Waals surface area contributed by atoms with Gasteiger partial charge >= 0.3 is 0 Å². The maximum Gasteiger partial charge on any atom is 0.251 e. The van der Waals surface area contributed by atoms with Crippen LogP contribution in [0.25, 0.3) is 0 Å². The van der Waals surface area contributed by atoms with E-state index in [0.29, 0.717) is 17.1 Å². The number of amides is 2. The minimum atomic E-state index is -0.146. The van der Waals surface area contributed by atoms with Gasteiger partial charge in [-0.25, -0.2) is 0 Å². The molecule has 4 nitrogen and oxygen atoms in total. The van der Waals surface area contributed by atoms with Gasteiger partial charge in [0.15, 0.2) is 0 Å². The molecule has 2 N–H and O–H groups in total. The average Bonchev–Trinajstić information content (AvgIpc) is 3.39. The second kappa shape index (κ2) is 6.84. The summed E-state index contributed by atoms with van der Waals surface area (Å²) in [7, 11) is 0. The third-order valence-electron chi connectivity index (χ3n) is 3.73. The lowest BCUT2D eigenvalue weighted by Gasteiger charge is -2.08. The van der Waals surface area contributed by atoms with Crippen molar-refractivity contribution in [3.8, 4) is 0 Å². The largest absolute Gasteiger partial charge is 0.348 e. The van der Waals surface area contributed by atoms with Gasteiger partial charge in [-0.05, 0) is 54.8 Å². The summed E-state index contributed by atoms with van der Waals surface area (Å²) in [5.74, 6) is 0.134. The molecule has 0 bridgehead atoms. The van der Waals surface area contributed by atoms with Crippen LogP contribution in [0, 0.1) is 5.92 Å². The molecule has 1 aliphatic carbocycles. The number of hydrogen-bond donors (Lipinski definition) is 2. The number of rotatable bonds is 5. The third-order valence-corrected chi connectivity index (χ3v) is 3.98. The van der Waals surface area contributed by atoms with Crippen molar-refractivity contribution in [2.45, 2.75) is 19.4 Å². The van der Waals surface area contributed by atoms with Gasteiger partial charge in [0.2, 0.25) is 5.91 Å². The summed E-state index contributed by atoms with van der Waals surface area (Å²) in [4.78, 5) is 23.7. The quantitative estimate of drug-likeness (QED) is 0.880. The zero-order valence-corrected chi connectivity index (χ0v) is 13.3. The van der Waals surface area contributed by atoms with Gasteiger partial charge in [-0.15, -0.1) is 0 Å². The summed E-state index contributed by atoms with van der Waals surface area (Å²) in [6, 6.07) is 14.2. The molecule has 2 aromatic rings. The summed E-state index contributed by atoms with van der Waals surface area (Å²) in [5.41, 5.74) is 2.33. The Morgan fingerprint density at radius 1 is 1.00 bits per heavy atom. The zero-order valence-electron chi connectivity index (χ0n) is 12.5. The highest BCUT2D eigenvalue weighted by Crippen LogP contribution is 2.30. The van der Waals surface area contributed by atoms with Gasteiger partial charge in [0, 0.05) is 28.7 Å². The third kappa shape index (κ3) is 4.33. The second-order valence-corrected chi connectivity index (χ2v) is 6.09. The van der Waals surface area contributed by atoms with Gasteiger partial charge in [-0.2, -0.15) is 0 Å². The lowest BCUT2D eigenvalue weighted by Crippen LogP contribution is -2.22. The van der Waals surface area contributed by atoms with Gasteiger partial charge in [-0.1, -0.05) is 23.7 Å². The van der Waals surface area contributed by atoms with Crippen molar-refractivity contribution in [2.24, 2.45) is 5.92 Å². The molecule has 0 saturated heterocycles. The first kappa shape index (κ1) is 15.6. The Bertz CT molecular complexity index is 707. The molecule has 0 unspecified atom stereocenters. The molecule has 3 rings (SSSR count). The van der Waals surface area contributed by atoms with Crippen molar-refractivity contribution in [1.82, 2.24) is 5.32 Å². The molecule has 1 fully saturated rings. The van der Waals surface area contributed by atoms with E-state index in [4.69, 9.17) is 11.6 Å². The normalized spacial score (nSPS) is 13.4. The molecule has 5 heteroatoms. The molecule has 1 aliphatic rings. The van der Waals surface area contributed by atoms with Crippen LogP contribution in [0.3, 0.4) is 0 Å². The number of nitrogens with one attached hydrogen (secondary N) is 2. The van der Waals surface area contributed by atoms with Crippen LogP contribution in [0.1, 0.15) is 28.8 Å². The van der Waals surface area contributed by atoms with E-state index in [-0.39, 0.29) is 17.7 Å². The predicted molar refractivity (Wildman–Crippen MR) is 90.4 cm³/mol. The molecule has 0 spiro atoms. The molecular formula is C18H17ClN2O2. The number of anilines is 1. The number of benzene rings is 2. The standard InChI is InChI=1S/C18H17ClN2O2/c19-15-7-5-13(6-8-15)17(22)20-11-12-1-9-16(10-2-12)21-18(23)14-3-4-14/h1-2,5-10,14H,3-4,11H2,(H,20,22)(H,21,23). The van der Waals surface area contributed by atoms with E-state index in [2.05, 4.69) is 10.6 Å². The Kier molecular flexibility index (Phi) is 4.63. The summed E-state index contributed by atoms with van der Waals surface area (Å²) >= 11 is 5.80. The molecule has 0 atom stereocenters. The Morgan fingerprint density at radius 2 is 1.65 bits per heavy atom. The fourth-order valence-corrected chi connectivity index (χ4v) is 2.31. The van der Waals surface area contributed by atoms with E-state index in [0.717, 1.165) is 24.1 Å². The van der Waals surface area contributed by atoms with E-state index >= 15 is 0 Å². The zero-order chi connectivity index (χ0) is 16.2. The topological polar surface area (TPSA) is 58.2 Å². The van der Waals surface area contributed by atoms with Gasteiger partial charge < -0.3 is 10.6 Å². The minimum absolute atomic E-state index is 0.0915. The molecule has 0 aliphatic heterocycles. The molecule has 118 valence electrons. The highest BCUT2D eigenvalue weighted by molar-refractivity contribution is 6.30. The predicted octanol–water partition coefficient (Wildman–Crippen LogP) is 3.62. The number of carbonyl (C=O) groups excluding carboxylic acids is 2. The fourth-order valence-electron chi connectivity index (χ4n) is 2.18. The van der Waals surface area contributed by atoms with Crippen LogP contribution in [0.4, 0.5) is 5.69 Å². The highest BCUT2D eigenvalue weighted by Gasteiger charge is 2.29. The lowest BCUT2D eigenvalue weighted by atomic mass is 10.2. The molecule has 0 heterocycles. The molecule has 0 radical (unpaired) electrons. The monoisotopic (exact) mass is 328 g/mol. The molecule has 2 aromatic carbocycles. The maximum absolute atomic E-state index is 12.0. The van der Waals surface area contributed by atoms with E-state index in [1.165, 1.54) is 0 Å². The first-order chi connectivity index (χ1) is 11.1. The van der Waals surface area contributed by atoms with Crippen molar-refractivity contribution in [2.75, 3.05) is 5.32 Å². The summed E-state index contributed by atoms with van der Waals surface area (Å²) < 4.78 is 0. The smallest absolute Gasteiger partial charge is 0.251 e. The summed E-state index contributed by atoms with van der Waals surface area (Å²) in [5, 5.41) is 6.34. The Hall–Kier alpha value is -2.33. The Balaban J connectivity index is 1.52. The van der Waals surface area contributed by atoms with Crippen LogP contribution >= 0.6 is 11.6 Å². The second-order valence-electron chi connectivity index (χ2n) is 5.65. The number of hydrogen-bond acceptors (Lipinski definition) is 2. The van der Waals surface area contributed by atoms with E-state index in [1.807, 2.05) is 24.3 Å². The molecule has 1 saturated carbocycles. The van der Waals surface area contributed by atoms with Crippen LogP contribution < -0.4 is 10.6 Å². The minimum Gasteiger partial charge on any atom is -0.348 e. The van der Waals surface area contributed by atoms with Crippen LogP contribution in [-0.2, 0) is 11.3 Å². The Labute approximate surface area is 139 Å². The average molecular weight is 329 g/mol. The highest BCUT2D eigenvalue weighted by atomic mass is 35.5.